The fraction of sp³-hybridized carbons (Fsp3) is 0.250. The van der Waals surface area contributed by atoms with Gasteiger partial charge in [0.25, 0.3) is 5.69 Å². The summed E-state index contributed by atoms with van der Waals surface area (Å²) in [6, 6.07) is 11.4. The van der Waals surface area contributed by atoms with Crippen LogP contribution in [0.3, 0.4) is 0 Å². The van der Waals surface area contributed by atoms with Crippen molar-refractivity contribution in [3.63, 3.8) is 0 Å². The molecule has 0 fully saturated rings. The summed E-state index contributed by atoms with van der Waals surface area (Å²) in [5, 5.41) is 23.8. The number of aliphatic hydroxyl groups excluding tert-OH is 1. The molecule has 0 aliphatic heterocycles. The summed E-state index contributed by atoms with van der Waals surface area (Å²) in [7, 11) is 1.28. The average molecular weight is 320 g/mol. The van der Waals surface area contributed by atoms with Crippen LogP contribution in [0.4, 0.5) is 15.8 Å². The van der Waals surface area contributed by atoms with Crippen LogP contribution in [0.1, 0.15) is 5.56 Å². The van der Waals surface area contributed by atoms with Crippen molar-refractivity contribution >= 4 is 11.4 Å². The summed E-state index contributed by atoms with van der Waals surface area (Å²) in [6.45, 7) is 0.0878. The van der Waals surface area contributed by atoms with Gasteiger partial charge in [0.05, 0.1) is 24.2 Å². The molecule has 6 nitrogen and oxygen atoms in total. The maximum Gasteiger partial charge on any atom is 0.295 e. The molecule has 0 spiro atoms. The van der Waals surface area contributed by atoms with Gasteiger partial charge in [-0.3, -0.25) is 10.1 Å². The van der Waals surface area contributed by atoms with E-state index < -0.39 is 22.5 Å². The Kier molecular flexibility index (Phi) is 5.48. The number of anilines is 1. The molecule has 0 heterocycles. The predicted octanol–water partition coefficient (Wildman–Crippen LogP) is 2.76. The largest absolute Gasteiger partial charge is 0.494 e. The molecule has 1 unspecified atom stereocenters. The van der Waals surface area contributed by atoms with Crippen molar-refractivity contribution in [2.45, 2.75) is 12.5 Å². The van der Waals surface area contributed by atoms with E-state index >= 15 is 0 Å². The Bertz CT molecular complexity index is 679. The number of ether oxygens (including phenoxy) is 1. The number of nitro benzene ring substituents is 1. The van der Waals surface area contributed by atoms with Crippen molar-refractivity contribution in [1.82, 2.24) is 0 Å². The lowest BCUT2D eigenvalue weighted by atomic mass is 10.1. The van der Waals surface area contributed by atoms with Crippen LogP contribution in [-0.4, -0.2) is 29.8 Å². The van der Waals surface area contributed by atoms with Crippen LogP contribution in [0.15, 0.2) is 42.5 Å². The fourth-order valence-electron chi connectivity index (χ4n) is 2.18. The molecule has 2 aromatic rings. The van der Waals surface area contributed by atoms with Gasteiger partial charge in [-0.2, -0.15) is 0 Å². The molecule has 0 radical (unpaired) electrons. The number of aliphatic hydroxyl groups is 1. The van der Waals surface area contributed by atoms with Gasteiger partial charge in [0.1, 0.15) is 5.69 Å². The first-order valence-electron chi connectivity index (χ1n) is 6.99. The highest BCUT2D eigenvalue weighted by molar-refractivity contribution is 5.64. The van der Waals surface area contributed by atoms with Gasteiger partial charge in [0.2, 0.25) is 0 Å². The second-order valence-corrected chi connectivity index (χ2v) is 4.99. The number of rotatable bonds is 7. The van der Waals surface area contributed by atoms with Crippen LogP contribution in [0.25, 0.3) is 0 Å². The van der Waals surface area contributed by atoms with Crippen molar-refractivity contribution < 1.29 is 19.2 Å². The van der Waals surface area contributed by atoms with E-state index in [9.17, 15) is 19.6 Å². The molecule has 23 heavy (non-hydrogen) atoms. The van der Waals surface area contributed by atoms with Crippen molar-refractivity contribution in [3.8, 4) is 5.75 Å². The Morgan fingerprint density at radius 2 is 2.04 bits per heavy atom. The van der Waals surface area contributed by atoms with E-state index in [0.29, 0.717) is 6.42 Å². The van der Waals surface area contributed by atoms with E-state index in [1.807, 2.05) is 30.3 Å². The molecule has 0 saturated carbocycles. The number of halogens is 1. The highest BCUT2D eigenvalue weighted by Crippen LogP contribution is 2.31. The monoisotopic (exact) mass is 320 g/mol. The van der Waals surface area contributed by atoms with Gasteiger partial charge in [-0.1, -0.05) is 30.3 Å². The zero-order valence-electron chi connectivity index (χ0n) is 12.5. The molecule has 2 rings (SSSR count). The Morgan fingerprint density at radius 1 is 1.35 bits per heavy atom. The minimum Gasteiger partial charge on any atom is -0.494 e. The smallest absolute Gasteiger partial charge is 0.295 e. The first kappa shape index (κ1) is 16.7. The summed E-state index contributed by atoms with van der Waals surface area (Å²) in [5.41, 5.74) is 0.642. The molecule has 0 saturated heterocycles. The average Bonchev–Trinajstić information content (AvgIpc) is 2.54. The van der Waals surface area contributed by atoms with E-state index in [1.54, 1.807) is 0 Å². The number of hydrogen-bond acceptors (Lipinski definition) is 5. The van der Waals surface area contributed by atoms with Crippen LogP contribution in [0, 0.1) is 15.9 Å². The molecule has 7 heteroatoms. The van der Waals surface area contributed by atoms with E-state index in [-0.39, 0.29) is 18.0 Å². The summed E-state index contributed by atoms with van der Waals surface area (Å²) >= 11 is 0. The van der Waals surface area contributed by atoms with Crippen molar-refractivity contribution in [1.29, 1.82) is 0 Å². The summed E-state index contributed by atoms with van der Waals surface area (Å²) in [5.74, 6) is -0.912. The Morgan fingerprint density at radius 3 is 2.65 bits per heavy atom. The normalized spacial score (nSPS) is 11.8. The molecule has 122 valence electrons. The Balaban J connectivity index is 2.08. The zero-order chi connectivity index (χ0) is 16.8. The second-order valence-electron chi connectivity index (χ2n) is 4.99. The van der Waals surface area contributed by atoms with Crippen LogP contribution in [-0.2, 0) is 6.42 Å². The van der Waals surface area contributed by atoms with Gasteiger partial charge in [-0.05, 0) is 5.56 Å². The molecule has 0 aliphatic carbocycles. The van der Waals surface area contributed by atoms with Crippen molar-refractivity contribution in [2.75, 3.05) is 19.0 Å². The Labute approximate surface area is 132 Å². The van der Waals surface area contributed by atoms with Crippen LogP contribution >= 0.6 is 0 Å². The number of nitro groups is 1. The SMILES string of the molecule is COc1cc(NCC(O)Cc2ccccc2)c([N+](=O)[O-])cc1F. The zero-order valence-corrected chi connectivity index (χ0v) is 12.5. The third-order valence-corrected chi connectivity index (χ3v) is 3.31. The minimum atomic E-state index is -0.811. The third-order valence-electron chi connectivity index (χ3n) is 3.31. The molecule has 0 bridgehead atoms. The fourth-order valence-corrected chi connectivity index (χ4v) is 2.18. The van der Waals surface area contributed by atoms with Crippen molar-refractivity contribution in [3.05, 3.63) is 64.0 Å². The highest BCUT2D eigenvalue weighted by atomic mass is 19.1. The van der Waals surface area contributed by atoms with Crippen LogP contribution in [0.5, 0.6) is 5.75 Å². The standard InChI is InChI=1S/C16H17FN2O4/c1-23-16-9-14(15(19(21)22)8-13(16)17)18-10-12(20)7-11-5-3-2-4-6-11/h2-6,8-9,12,18,20H,7,10H2,1H3. The second kappa shape index (κ2) is 7.55. The van der Waals surface area contributed by atoms with E-state index in [4.69, 9.17) is 4.74 Å². The lowest BCUT2D eigenvalue weighted by Crippen LogP contribution is -2.22. The maximum absolute atomic E-state index is 13.6. The molecular formula is C16H17FN2O4. The Hall–Kier alpha value is -2.67. The molecule has 0 amide bonds. The first-order valence-corrected chi connectivity index (χ1v) is 6.99. The molecule has 2 N–H and O–H groups in total. The van der Waals surface area contributed by atoms with E-state index in [1.165, 1.54) is 13.2 Å². The quantitative estimate of drug-likeness (QED) is 0.605. The minimum absolute atomic E-state index is 0.0878. The van der Waals surface area contributed by atoms with Crippen LogP contribution < -0.4 is 10.1 Å². The van der Waals surface area contributed by atoms with Crippen LogP contribution in [0.2, 0.25) is 0 Å². The number of nitrogens with zero attached hydrogens (tertiary/aromatic N) is 1. The molecule has 1 atom stereocenters. The molecular weight excluding hydrogens is 303 g/mol. The van der Waals surface area contributed by atoms with Gasteiger partial charge in [0, 0.05) is 19.0 Å². The number of methoxy groups -OCH3 is 1. The summed E-state index contributed by atoms with van der Waals surface area (Å²) in [4.78, 5) is 10.3. The molecule has 2 aromatic carbocycles. The van der Waals surface area contributed by atoms with E-state index in [2.05, 4.69) is 5.32 Å². The number of hydrogen-bond donors (Lipinski definition) is 2. The maximum atomic E-state index is 13.6. The van der Waals surface area contributed by atoms with Gasteiger partial charge in [-0.25, -0.2) is 4.39 Å². The van der Waals surface area contributed by atoms with Crippen molar-refractivity contribution in [2.24, 2.45) is 0 Å². The topological polar surface area (TPSA) is 84.6 Å². The molecule has 0 aliphatic rings. The third kappa shape index (κ3) is 4.40. The van der Waals surface area contributed by atoms with Gasteiger partial charge in [-0.15, -0.1) is 0 Å². The summed E-state index contributed by atoms with van der Waals surface area (Å²) < 4.78 is 18.4. The highest BCUT2D eigenvalue weighted by Gasteiger charge is 2.19. The first-order chi connectivity index (χ1) is 11.0. The van der Waals surface area contributed by atoms with Gasteiger partial charge in [0.15, 0.2) is 11.6 Å². The number of benzene rings is 2. The summed E-state index contributed by atoms with van der Waals surface area (Å²) in [6.07, 6.45) is -0.340. The van der Waals surface area contributed by atoms with Gasteiger partial charge >= 0.3 is 0 Å². The molecule has 0 aromatic heterocycles. The number of nitrogens with one attached hydrogen (secondary N) is 1. The predicted molar refractivity (Wildman–Crippen MR) is 84.2 cm³/mol. The lowest BCUT2D eigenvalue weighted by molar-refractivity contribution is -0.384. The lowest BCUT2D eigenvalue weighted by Gasteiger charge is -2.14. The van der Waals surface area contributed by atoms with Gasteiger partial charge < -0.3 is 15.2 Å². The van der Waals surface area contributed by atoms with E-state index in [0.717, 1.165) is 11.6 Å².